The third kappa shape index (κ3) is 8.63. The molecule has 0 aromatic heterocycles. The zero-order chi connectivity index (χ0) is 13.9. The molecule has 0 aromatic rings. The van der Waals surface area contributed by atoms with Gasteiger partial charge in [0, 0.05) is 13.2 Å². The molecule has 108 valence electrons. The Bertz CT molecular complexity index is 220. The summed E-state index contributed by atoms with van der Waals surface area (Å²) >= 11 is 0. The Kier molecular flexibility index (Phi) is 10.2. The van der Waals surface area contributed by atoms with Crippen LogP contribution in [0.1, 0.15) is 27.2 Å². The van der Waals surface area contributed by atoms with Gasteiger partial charge in [0.15, 0.2) is 0 Å². The van der Waals surface area contributed by atoms with Crippen molar-refractivity contribution in [2.45, 2.75) is 39.8 Å². The van der Waals surface area contributed by atoms with E-state index in [0.717, 1.165) is 19.0 Å². The van der Waals surface area contributed by atoms with Gasteiger partial charge in [-0.1, -0.05) is 0 Å². The molecule has 0 aliphatic rings. The molecule has 18 heavy (non-hydrogen) atoms. The number of hydrogen-bond donors (Lipinski definition) is 1. The lowest BCUT2D eigenvalue weighted by Crippen LogP contribution is -2.39. The molecule has 0 aliphatic carbocycles. The monoisotopic (exact) mass is 277 g/mol. The van der Waals surface area contributed by atoms with E-state index in [1.807, 2.05) is 13.8 Å². The van der Waals surface area contributed by atoms with Crippen LogP contribution in [0, 0.1) is 0 Å². The highest BCUT2D eigenvalue weighted by molar-refractivity contribution is 6.66. The number of ether oxygens (including phenoxy) is 1. The SMILES string of the molecule is CCOC(=O)CNCCC[Si](C)(OCC)OCC. The maximum absolute atomic E-state index is 11.1. The molecule has 6 heteroatoms. The normalized spacial score (nSPS) is 11.6. The summed E-state index contributed by atoms with van der Waals surface area (Å²) in [6, 6.07) is 0.935. The van der Waals surface area contributed by atoms with E-state index in [2.05, 4.69) is 11.9 Å². The van der Waals surface area contributed by atoms with Crippen LogP contribution in [0.25, 0.3) is 0 Å². The van der Waals surface area contributed by atoms with Gasteiger partial charge >= 0.3 is 14.5 Å². The predicted molar refractivity (Wildman–Crippen MR) is 73.8 cm³/mol. The molecule has 0 bridgehead atoms. The first-order valence-electron chi connectivity index (χ1n) is 6.72. The average Bonchev–Trinajstić information content (AvgIpc) is 2.29. The third-order valence-electron chi connectivity index (χ3n) is 2.46. The van der Waals surface area contributed by atoms with E-state index in [0.29, 0.717) is 19.8 Å². The summed E-state index contributed by atoms with van der Waals surface area (Å²) in [6.07, 6.45) is 0.947. The van der Waals surface area contributed by atoms with Gasteiger partial charge in [-0.25, -0.2) is 0 Å². The molecule has 0 rings (SSSR count). The molecular weight excluding hydrogens is 250 g/mol. The summed E-state index contributed by atoms with van der Waals surface area (Å²) in [5.74, 6) is -0.202. The van der Waals surface area contributed by atoms with Crippen LogP contribution in [0.3, 0.4) is 0 Å². The van der Waals surface area contributed by atoms with Crippen LogP contribution in [-0.4, -0.2) is 47.4 Å². The lowest BCUT2D eigenvalue weighted by molar-refractivity contribution is -0.141. The molecule has 0 aromatic carbocycles. The Morgan fingerprint density at radius 2 is 1.72 bits per heavy atom. The minimum absolute atomic E-state index is 0.202. The molecule has 0 atom stereocenters. The maximum Gasteiger partial charge on any atom is 0.334 e. The van der Waals surface area contributed by atoms with Gasteiger partial charge in [-0.3, -0.25) is 4.79 Å². The van der Waals surface area contributed by atoms with Crippen LogP contribution in [0.5, 0.6) is 0 Å². The number of carbonyl (C=O) groups excluding carboxylic acids is 1. The molecule has 0 saturated carbocycles. The molecule has 0 radical (unpaired) electrons. The fraction of sp³-hybridized carbons (Fsp3) is 0.917. The summed E-state index contributed by atoms with van der Waals surface area (Å²) in [6.45, 7) is 10.7. The first-order valence-corrected chi connectivity index (χ1v) is 9.24. The highest BCUT2D eigenvalue weighted by atomic mass is 28.4. The van der Waals surface area contributed by atoms with Crippen LogP contribution >= 0.6 is 0 Å². The summed E-state index contributed by atoms with van der Waals surface area (Å²) in [4.78, 5) is 11.1. The zero-order valence-corrected chi connectivity index (χ0v) is 13.1. The van der Waals surface area contributed by atoms with E-state index >= 15 is 0 Å². The molecular formula is C12H27NO4Si. The average molecular weight is 277 g/mol. The predicted octanol–water partition coefficient (Wildman–Crippen LogP) is 1.67. The van der Waals surface area contributed by atoms with E-state index < -0.39 is 8.56 Å². The number of hydrogen-bond acceptors (Lipinski definition) is 5. The zero-order valence-electron chi connectivity index (χ0n) is 12.1. The lowest BCUT2D eigenvalue weighted by atomic mass is 10.4. The number of carbonyl (C=O) groups is 1. The molecule has 0 fully saturated rings. The lowest BCUT2D eigenvalue weighted by Gasteiger charge is -2.25. The third-order valence-corrected chi connectivity index (χ3v) is 5.52. The Balaban J connectivity index is 3.70. The standard InChI is InChI=1S/C12H27NO4Si/c1-5-15-12(14)11-13-9-8-10-18(4,16-6-2)17-7-3/h13H,5-11H2,1-4H3. The minimum Gasteiger partial charge on any atom is -0.465 e. The van der Waals surface area contributed by atoms with E-state index in [-0.39, 0.29) is 12.5 Å². The molecule has 0 saturated heterocycles. The largest absolute Gasteiger partial charge is 0.465 e. The highest BCUT2D eigenvalue weighted by Crippen LogP contribution is 2.15. The first-order chi connectivity index (χ1) is 8.58. The second kappa shape index (κ2) is 10.5. The van der Waals surface area contributed by atoms with E-state index in [4.69, 9.17) is 13.6 Å². The number of esters is 1. The van der Waals surface area contributed by atoms with Crippen molar-refractivity contribution in [3.05, 3.63) is 0 Å². The van der Waals surface area contributed by atoms with Crippen LogP contribution < -0.4 is 5.32 Å². The summed E-state index contributed by atoms with van der Waals surface area (Å²) in [7, 11) is -2.00. The van der Waals surface area contributed by atoms with Crippen LogP contribution in [0.2, 0.25) is 12.6 Å². The molecule has 0 unspecified atom stereocenters. The van der Waals surface area contributed by atoms with Gasteiger partial charge in [0.1, 0.15) is 0 Å². The summed E-state index contributed by atoms with van der Waals surface area (Å²) in [5.41, 5.74) is 0. The van der Waals surface area contributed by atoms with E-state index in [9.17, 15) is 4.79 Å². The highest BCUT2D eigenvalue weighted by Gasteiger charge is 2.29. The number of nitrogens with one attached hydrogen (secondary N) is 1. The fourth-order valence-corrected chi connectivity index (χ4v) is 4.15. The van der Waals surface area contributed by atoms with Crippen LogP contribution in [0.4, 0.5) is 0 Å². The van der Waals surface area contributed by atoms with Crippen molar-refractivity contribution in [3.63, 3.8) is 0 Å². The fourth-order valence-electron chi connectivity index (χ4n) is 1.73. The Labute approximate surface area is 111 Å². The van der Waals surface area contributed by atoms with Crippen molar-refractivity contribution in [1.29, 1.82) is 0 Å². The molecule has 0 aliphatic heterocycles. The van der Waals surface area contributed by atoms with Gasteiger partial charge in [-0.15, -0.1) is 0 Å². The first kappa shape index (κ1) is 17.6. The maximum atomic E-state index is 11.1. The summed E-state index contributed by atoms with van der Waals surface area (Å²) in [5, 5.41) is 3.06. The molecule has 0 heterocycles. The quantitative estimate of drug-likeness (QED) is 0.354. The molecule has 5 nitrogen and oxygen atoms in total. The van der Waals surface area contributed by atoms with E-state index in [1.54, 1.807) is 6.92 Å². The van der Waals surface area contributed by atoms with Gasteiger partial charge in [0.25, 0.3) is 0 Å². The van der Waals surface area contributed by atoms with Crippen molar-refractivity contribution >= 4 is 14.5 Å². The second-order valence-electron chi connectivity index (χ2n) is 4.09. The Morgan fingerprint density at radius 3 is 2.22 bits per heavy atom. The molecule has 0 amide bonds. The van der Waals surface area contributed by atoms with Gasteiger partial charge in [-0.2, -0.15) is 0 Å². The van der Waals surface area contributed by atoms with Crippen molar-refractivity contribution in [1.82, 2.24) is 5.32 Å². The van der Waals surface area contributed by atoms with Crippen LogP contribution in [-0.2, 0) is 18.4 Å². The van der Waals surface area contributed by atoms with Gasteiger partial charge < -0.3 is 18.9 Å². The van der Waals surface area contributed by atoms with Crippen molar-refractivity contribution in [2.75, 3.05) is 32.9 Å². The smallest absolute Gasteiger partial charge is 0.334 e. The minimum atomic E-state index is -2.00. The Hall–Kier alpha value is -0.433. The van der Waals surface area contributed by atoms with Gasteiger partial charge in [0.2, 0.25) is 0 Å². The molecule has 1 N–H and O–H groups in total. The van der Waals surface area contributed by atoms with Crippen molar-refractivity contribution in [3.8, 4) is 0 Å². The van der Waals surface area contributed by atoms with Crippen LogP contribution in [0.15, 0.2) is 0 Å². The number of rotatable bonds is 11. The Morgan fingerprint density at radius 1 is 1.11 bits per heavy atom. The van der Waals surface area contributed by atoms with Crippen molar-refractivity contribution < 1.29 is 18.4 Å². The summed E-state index contributed by atoms with van der Waals surface area (Å²) < 4.78 is 16.3. The second-order valence-corrected chi connectivity index (χ2v) is 7.43. The van der Waals surface area contributed by atoms with Gasteiger partial charge in [-0.05, 0) is 46.3 Å². The topological polar surface area (TPSA) is 56.8 Å². The van der Waals surface area contributed by atoms with Gasteiger partial charge in [0.05, 0.1) is 13.2 Å². The molecule has 0 spiro atoms. The van der Waals surface area contributed by atoms with Crippen molar-refractivity contribution in [2.24, 2.45) is 0 Å². The van der Waals surface area contributed by atoms with E-state index in [1.165, 1.54) is 0 Å².